The highest BCUT2D eigenvalue weighted by Crippen LogP contribution is 2.35. The number of nitrogens with one attached hydrogen (secondary N) is 2. The molecule has 7 rings (SSSR count). The van der Waals surface area contributed by atoms with E-state index in [1.165, 1.54) is 0 Å². The molecule has 6 aromatic rings. The molecule has 1 saturated heterocycles. The minimum atomic E-state index is 0.221. The number of aryl methyl sites for hydroxylation is 1. The molecule has 0 unspecified atom stereocenters. The van der Waals surface area contributed by atoms with Gasteiger partial charge < -0.3 is 15.6 Å². The lowest BCUT2D eigenvalue weighted by molar-refractivity contribution is 0.514. The Morgan fingerprint density at radius 1 is 1.09 bits per heavy atom. The second-order valence-corrected chi connectivity index (χ2v) is 9.98. The first-order chi connectivity index (χ1) is 17.1. The lowest BCUT2D eigenvalue weighted by Gasteiger charge is -2.38. The van der Waals surface area contributed by atoms with Gasteiger partial charge in [0.1, 0.15) is 5.82 Å². The van der Waals surface area contributed by atoms with Gasteiger partial charge in [0.2, 0.25) is 0 Å². The summed E-state index contributed by atoms with van der Waals surface area (Å²) in [5.74, 6) is 0.957. The van der Waals surface area contributed by atoms with Crippen LogP contribution in [0.15, 0.2) is 60.2 Å². The fourth-order valence-corrected chi connectivity index (χ4v) is 5.44. The van der Waals surface area contributed by atoms with E-state index in [1.54, 1.807) is 11.3 Å². The lowest BCUT2D eigenvalue weighted by Crippen LogP contribution is -2.56. The van der Waals surface area contributed by atoms with Crippen molar-refractivity contribution < 1.29 is 0 Å². The van der Waals surface area contributed by atoms with Crippen LogP contribution in [-0.2, 0) is 0 Å². The third kappa shape index (κ3) is 3.39. The predicted molar refractivity (Wildman–Crippen MR) is 140 cm³/mol. The van der Waals surface area contributed by atoms with Crippen molar-refractivity contribution in [2.75, 3.05) is 18.0 Å². The fourth-order valence-electron chi connectivity index (χ4n) is 4.70. The molecule has 0 aromatic carbocycles. The summed E-state index contributed by atoms with van der Waals surface area (Å²) >= 11 is 1.69. The van der Waals surface area contributed by atoms with Crippen LogP contribution in [0, 0.1) is 6.92 Å². The summed E-state index contributed by atoms with van der Waals surface area (Å²) in [6.07, 6.45) is 3.68. The van der Waals surface area contributed by atoms with Crippen molar-refractivity contribution in [1.82, 2.24) is 30.1 Å². The van der Waals surface area contributed by atoms with Crippen LogP contribution in [0.2, 0.25) is 0 Å². The molecule has 0 aliphatic carbocycles. The van der Waals surface area contributed by atoms with Gasteiger partial charge in [-0.2, -0.15) is 5.10 Å². The SMILES string of the molecule is Cc1cc(-c2cnc3n[nH]c(-c4cc5c(-c6cccs6)nccc5[nH]4)c3c2)nc(N2CC(N)C2)c1. The van der Waals surface area contributed by atoms with E-state index >= 15 is 0 Å². The fraction of sp³-hybridized carbons (Fsp3) is 0.154. The van der Waals surface area contributed by atoms with Crippen LogP contribution >= 0.6 is 11.3 Å². The Bertz CT molecular complexity index is 1690. The van der Waals surface area contributed by atoms with Crippen LogP contribution < -0.4 is 10.6 Å². The number of rotatable bonds is 4. The number of fused-ring (bicyclic) bond motifs is 2. The Morgan fingerprint density at radius 2 is 2.00 bits per heavy atom. The van der Waals surface area contributed by atoms with Crippen molar-refractivity contribution in [3.05, 3.63) is 65.8 Å². The van der Waals surface area contributed by atoms with Crippen LogP contribution in [0.5, 0.6) is 0 Å². The molecule has 8 nitrogen and oxygen atoms in total. The number of hydrogen-bond acceptors (Lipinski definition) is 7. The van der Waals surface area contributed by atoms with Gasteiger partial charge in [0.15, 0.2) is 5.65 Å². The molecule has 0 spiro atoms. The van der Waals surface area contributed by atoms with Crippen LogP contribution in [0.1, 0.15) is 5.56 Å². The Morgan fingerprint density at radius 3 is 2.83 bits per heavy atom. The molecular weight excluding hydrogens is 456 g/mol. The maximum Gasteiger partial charge on any atom is 0.181 e. The highest BCUT2D eigenvalue weighted by molar-refractivity contribution is 7.13. The van der Waals surface area contributed by atoms with Crippen molar-refractivity contribution in [2.24, 2.45) is 5.73 Å². The van der Waals surface area contributed by atoms with Crippen LogP contribution in [0.25, 0.3) is 55.2 Å². The van der Waals surface area contributed by atoms with Crippen LogP contribution in [-0.4, -0.2) is 49.3 Å². The Balaban J connectivity index is 1.33. The monoisotopic (exact) mass is 478 g/mol. The number of thiophene rings is 1. The molecule has 4 N–H and O–H groups in total. The quantitative estimate of drug-likeness (QED) is 0.337. The molecule has 1 aliphatic rings. The first kappa shape index (κ1) is 20.3. The van der Waals surface area contributed by atoms with E-state index in [4.69, 9.17) is 10.7 Å². The van der Waals surface area contributed by atoms with Gasteiger partial charge in [0.05, 0.1) is 27.7 Å². The van der Waals surface area contributed by atoms with Crippen molar-refractivity contribution in [2.45, 2.75) is 13.0 Å². The van der Waals surface area contributed by atoms with Crippen molar-refractivity contribution in [1.29, 1.82) is 0 Å². The Labute approximate surface area is 204 Å². The number of nitrogens with two attached hydrogens (primary N) is 1. The second kappa shape index (κ2) is 7.72. The summed E-state index contributed by atoms with van der Waals surface area (Å²) in [5, 5.41) is 11.7. The van der Waals surface area contributed by atoms with E-state index in [2.05, 4.69) is 72.7 Å². The van der Waals surface area contributed by atoms with Crippen molar-refractivity contribution in [3.8, 4) is 33.2 Å². The van der Waals surface area contributed by atoms with Gasteiger partial charge in [-0.05, 0) is 54.3 Å². The highest BCUT2D eigenvalue weighted by atomic mass is 32.1. The third-order valence-electron chi connectivity index (χ3n) is 6.47. The minimum Gasteiger partial charge on any atom is -0.353 e. The molecule has 0 saturated carbocycles. The number of pyridine rings is 3. The second-order valence-electron chi connectivity index (χ2n) is 9.03. The summed E-state index contributed by atoms with van der Waals surface area (Å²) in [5.41, 5.74) is 13.5. The summed E-state index contributed by atoms with van der Waals surface area (Å²) in [4.78, 5) is 21.1. The first-order valence-electron chi connectivity index (χ1n) is 11.5. The van der Waals surface area contributed by atoms with E-state index in [9.17, 15) is 0 Å². The van der Waals surface area contributed by atoms with Gasteiger partial charge in [-0.3, -0.25) is 10.1 Å². The maximum atomic E-state index is 5.98. The summed E-state index contributed by atoms with van der Waals surface area (Å²) in [6, 6.07) is 14.8. The maximum absolute atomic E-state index is 5.98. The number of anilines is 1. The van der Waals surface area contributed by atoms with E-state index in [0.29, 0.717) is 5.65 Å². The van der Waals surface area contributed by atoms with E-state index in [1.807, 2.05) is 24.5 Å². The van der Waals surface area contributed by atoms with Gasteiger partial charge in [-0.25, -0.2) is 9.97 Å². The number of aromatic nitrogens is 6. The van der Waals surface area contributed by atoms with E-state index in [-0.39, 0.29) is 6.04 Å². The molecule has 172 valence electrons. The first-order valence-corrected chi connectivity index (χ1v) is 12.4. The van der Waals surface area contributed by atoms with Crippen LogP contribution in [0.3, 0.4) is 0 Å². The number of hydrogen-bond donors (Lipinski definition) is 3. The molecule has 0 radical (unpaired) electrons. The Hall–Kier alpha value is -4.08. The molecule has 9 heteroatoms. The van der Waals surface area contributed by atoms with Crippen molar-refractivity contribution in [3.63, 3.8) is 0 Å². The number of aromatic amines is 2. The lowest BCUT2D eigenvalue weighted by atomic mass is 10.1. The summed E-state index contributed by atoms with van der Waals surface area (Å²) in [6.45, 7) is 3.76. The zero-order valence-electron chi connectivity index (χ0n) is 19.0. The normalized spacial score (nSPS) is 14.2. The average Bonchev–Trinajstić information content (AvgIpc) is 3.60. The summed E-state index contributed by atoms with van der Waals surface area (Å²) in [7, 11) is 0. The molecule has 1 fully saturated rings. The average molecular weight is 479 g/mol. The number of nitrogens with zero attached hydrogens (tertiary/aromatic N) is 5. The van der Waals surface area contributed by atoms with Gasteiger partial charge in [0.25, 0.3) is 0 Å². The predicted octanol–water partition coefficient (Wildman–Crippen LogP) is 4.75. The van der Waals surface area contributed by atoms with Gasteiger partial charge in [0, 0.05) is 53.4 Å². The van der Waals surface area contributed by atoms with Gasteiger partial charge >= 0.3 is 0 Å². The van der Waals surface area contributed by atoms with E-state index < -0.39 is 0 Å². The topological polar surface area (TPSA) is 112 Å². The standard InChI is InChI=1S/C26H22N8S/c1-14-7-20(31-23(8-14)34-12-16(27)13-34)15-9-18-24(32-33-26(18)29-11-15)21-10-17-19(30-21)4-5-28-25(17)22-3-2-6-35-22/h2-11,16,30H,12-13,27H2,1H3,(H,29,32,33). The zero-order valence-corrected chi connectivity index (χ0v) is 19.8. The third-order valence-corrected chi connectivity index (χ3v) is 7.34. The molecule has 1 aliphatic heterocycles. The van der Waals surface area contributed by atoms with E-state index in [0.717, 1.165) is 74.0 Å². The van der Waals surface area contributed by atoms with Crippen molar-refractivity contribution >= 4 is 39.1 Å². The van der Waals surface area contributed by atoms with Gasteiger partial charge in [-0.1, -0.05) is 6.07 Å². The Kier molecular flexibility index (Phi) is 4.48. The molecular formula is C26H22N8S. The highest BCUT2D eigenvalue weighted by Gasteiger charge is 2.25. The summed E-state index contributed by atoms with van der Waals surface area (Å²) < 4.78 is 0. The molecule has 0 amide bonds. The number of H-pyrrole nitrogens is 2. The largest absolute Gasteiger partial charge is 0.353 e. The minimum absolute atomic E-state index is 0.221. The zero-order chi connectivity index (χ0) is 23.5. The molecule has 7 heterocycles. The molecule has 0 atom stereocenters. The van der Waals surface area contributed by atoms with Gasteiger partial charge in [-0.15, -0.1) is 11.3 Å². The van der Waals surface area contributed by atoms with Crippen LogP contribution in [0.4, 0.5) is 5.82 Å². The smallest absolute Gasteiger partial charge is 0.181 e. The molecule has 6 aromatic heterocycles. The molecule has 0 bridgehead atoms. The molecule has 35 heavy (non-hydrogen) atoms.